The van der Waals surface area contributed by atoms with E-state index in [4.69, 9.17) is 0 Å². The highest BCUT2D eigenvalue weighted by molar-refractivity contribution is 7.10. The van der Waals surface area contributed by atoms with Gasteiger partial charge in [-0.3, -0.25) is 0 Å². The average Bonchev–Trinajstić information content (AvgIpc) is 2.85. The summed E-state index contributed by atoms with van der Waals surface area (Å²) in [5.41, 5.74) is 2.73. The Labute approximate surface area is 101 Å². The van der Waals surface area contributed by atoms with Gasteiger partial charge in [0.15, 0.2) is 0 Å². The van der Waals surface area contributed by atoms with Gasteiger partial charge in [-0.05, 0) is 36.0 Å². The summed E-state index contributed by atoms with van der Waals surface area (Å²) in [5, 5.41) is 5.49. The lowest BCUT2D eigenvalue weighted by molar-refractivity contribution is 0.703. The first-order valence-corrected chi connectivity index (χ1v) is 6.52. The zero-order chi connectivity index (χ0) is 11.4. The van der Waals surface area contributed by atoms with E-state index in [0.29, 0.717) is 6.04 Å². The molecular formula is C14H17NS. The molecule has 1 N–H and O–H groups in total. The lowest BCUT2D eigenvalue weighted by Gasteiger charge is -2.15. The molecule has 1 nitrogen and oxygen atoms in total. The van der Waals surface area contributed by atoms with E-state index in [1.807, 2.05) is 7.05 Å². The summed E-state index contributed by atoms with van der Waals surface area (Å²) in [6, 6.07) is 13.5. The maximum absolute atomic E-state index is 3.37. The topological polar surface area (TPSA) is 12.0 Å². The van der Waals surface area contributed by atoms with Gasteiger partial charge < -0.3 is 5.32 Å². The van der Waals surface area contributed by atoms with Crippen molar-refractivity contribution in [1.82, 2.24) is 5.32 Å². The molecule has 16 heavy (non-hydrogen) atoms. The van der Waals surface area contributed by atoms with Gasteiger partial charge in [0.1, 0.15) is 0 Å². The fraction of sp³-hybridized carbons (Fsp3) is 0.286. The molecule has 1 unspecified atom stereocenters. The Balaban J connectivity index is 2.27. The minimum Gasteiger partial charge on any atom is -0.309 e. The van der Waals surface area contributed by atoms with Gasteiger partial charge in [-0.1, -0.05) is 37.3 Å². The van der Waals surface area contributed by atoms with Gasteiger partial charge in [0.2, 0.25) is 0 Å². The zero-order valence-corrected chi connectivity index (χ0v) is 10.6. The third-order valence-electron chi connectivity index (χ3n) is 2.84. The van der Waals surface area contributed by atoms with Gasteiger partial charge in [-0.15, -0.1) is 11.3 Å². The Kier molecular flexibility index (Phi) is 3.75. The molecule has 1 aromatic heterocycles. The van der Waals surface area contributed by atoms with Crippen molar-refractivity contribution >= 4 is 11.3 Å². The molecule has 1 atom stereocenters. The monoisotopic (exact) mass is 231 g/mol. The molecule has 0 amide bonds. The number of thiophene rings is 1. The quantitative estimate of drug-likeness (QED) is 0.847. The summed E-state index contributed by atoms with van der Waals surface area (Å²) in [6.07, 6.45) is 1.10. The summed E-state index contributed by atoms with van der Waals surface area (Å²) in [6.45, 7) is 2.18. The molecule has 2 heteroatoms. The molecule has 0 saturated heterocycles. The summed E-state index contributed by atoms with van der Waals surface area (Å²) < 4.78 is 0. The first-order chi connectivity index (χ1) is 7.85. The molecule has 0 aliphatic heterocycles. The molecule has 0 saturated carbocycles. The Hall–Kier alpha value is -1.12. The molecule has 0 aliphatic carbocycles. The largest absolute Gasteiger partial charge is 0.309 e. The SMILES string of the molecule is CCc1ccc(C(NC)c2cccs2)cc1. The number of hydrogen-bond donors (Lipinski definition) is 1. The van der Waals surface area contributed by atoms with E-state index in [1.54, 1.807) is 11.3 Å². The van der Waals surface area contributed by atoms with Crippen molar-refractivity contribution in [2.24, 2.45) is 0 Å². The molecule has 2 rings (SSSR count). The van der Waals surface area contributed by atoms with Crippen LogP contribution in [0, 0.1) is 0 Å². The summed E-state index contributed by atoms with van der Waals surface area (Å²) in [5.74, 6) is 0. The molecule has 1 aromatic carbocycles. The highest BCUT2D eigenvalue weighted by atomic mass is 32.1. The Morgan fingerprint density at radius 1 is 1.19 bits per heavy atom. The Morgan fingerprint density at radius 3 is 2.44 bits per heavy atom. The van der Waals surface area contributed by atoms with Crippen LogP contribution in [0.15, 0.2) is 41.8 Å². The van der Waals surface area contributed by atoms with E-state index in [-0.39, 0.29) is 0 Å². The van der Waals surface area contributed by atoms with E-state index < -0.39 is 0 Å². The Morgan fingerprint density at radius 2 is 1.94 bits per heavy atom. The van der Waals surface area contributed by atoms with Crippen LogP contribution in [-0.2, 0) is 6.42 Å². The van der Waals surface area contributed by atoms with Crippen LogP contribution in [0.25, 0.3) is 0 Å². The van der Waals surface area contributed by atoms with Crippen molar-refractivity contribution in [1.29, 1.82) is 0 Å². The minimum atomic E-state index is 0.325. The lowest BCUT2D eigenvalue weighted by atomic mass is 10.0. The molecule has 2 aromatic rings. The van der Waals surface area contributed by atoms with Crippen LogP contribution in [0.4, 0.5) is 0 Å². The second-order valence-electron chi connectivity index (χ2n) is 3.83. The van der Waals surface area contributed by atoms with Crippen molar-refractivity contribution < 1.29 is 0 Å². The fourth-order valence-electron chi connectivity index (χ4n) is 1.87. The van der Waals surface area contributed by atoms with E-state index in [2.05, 4.69) is 54.0 Å². The van der Waals surface area contributed by atoms with Gasteiger partial charge in [-0.25, -0.2) is 0 Å². The third-order valence-corrected chi connectivity index (χ3v) is 3.77. The minimum absolute atomic E-state index is 0.325. The van der Waals surface area contributed by atoms with Gasteiger partial charge in [0, 0.05) is 4.88 Å². The van der Waals surface area contributed by atoms with Crippen LogP contribution in [0.1, 0.15) is 29.0 Å². The first-order valence-electron chi connectivity index (χ1n) is 5.64. The molecule has 0 aliphatic rings. The fourth-order valence-corrected chi connectivity index (χ4v) is 2.74. The highest BCUT2D eigenvalue weighted by Crippen LogP contribution is 2.25. The molecule has 1 heterocycles. The summed E-state index contributed by atoms with van der Waals surface area (Å²) >= 11 is 1.80. The van der Waals surface area contributed by atoms with Crippen molar-refractivity contribution in [2.45, 2.75) is 19.4 Å². The smallest absolute Gasteiger partial charge is 0.0668 e. The second kappa shape index (κ2) is 5.28. The highest BCUT2D eigenvalue weighted by Gasteiger charge is 2.11. The van der Waals surface area contributed by atoms with Crippen LogP contribution in [0.3, 0.4) is 0 Å². The number of nitrogens with one attached hydrogen (secondary N) is 1. The number of aryl methyl sites for hydroxylation is 1. The molecule has 0 spiro atoms. The number of hydrogen-bond acceptors (Lipinski definition) is 2. The molecule has 0 bridgehead atoms. The predicted octanol–water partition coefficient (Wildman–Crippen LogP) is 3.62. The maximum Gasteiger partial charge on any atom is 0.0668 e. The number of benzene rings is 1. The van der Waals surface area contributed by atoms with Gasteiger partial charge in [0.25, 0.3) is 0 Å². The Bertz CT molecular complexity index is 417. The molecule has 84 valence electrons. The second-order valence-corrected chi connectivity index (χ2v) is 4.81. The van der Waals surface area contributed by atoms with E-state index in [0.717, 1.165) is 6.42 Å². The lowest BCUT2D eigenvalue weighted by Crippen LogP contribution is -2.16. The van der Waals surface area contributed by atoms with Crippen LogP contribution in [0.2, 0.25) is 0 Å². The van der Waals surface area contributed by atoms with E-state index in [9.17, 15) is 0 Å². The van der Waals surface area contributed by atoms with Crippen LogP contribution >= 0.6 is 11.3 Å². The van der Waals surface area contributed by atoms with Crippen LogP contribution in [-0.4, -0.2) is 7.05 Å². The third kappa shape index (κ3) is 2.34. The predicted molar refractivity (Wildman–Crippen MR) is 71.0 cm³/mol. The summed E-state index contributed by atoms with van der Waals surface area (Å²) in [4.78, 5) is 1.37. The number of rotatable bonds is 4. The molecule has 0 fully saturated rings. The van der Waals surface area contributed by atoms with Crippen molar-refractivity contribution in [3.63, 3.8) is 0 Å². The van der Waals surface area contributed by atoms with Crippen molar-refractivity contribution in [3.05, 3.63) is 57.8 Å². The van der Waals surface area contributed by atoms with Gasteiger partial charge in [-0.2, -0.15) is 0 Å². The van der Waals surface area contributed by atoms with Crippen LogP contribution < -0.4 is 5.32 Å². The van der Waals surface area contributed by atoms with Crippen molar-refractivity contribution in [2.75, 3.05) is 7.05 Å². The molecule has 0 radical (unpaired) electrons. The summed E-state index contributed by atoms with van der Waals surface area (Å²) in [7, 11) is 2.01. The maximum atomic E-state index is 3.37. The van der Waals surface area contributed by atoms with Crippen LogP contribution in [0.5, 0.6) is 0 Å². The van der Waals surface area contributed by atoms with Gasteiger partial charge >= 0.3 is 0 Å². The molecular weight excluding hydrogens is 214 g/mol. The van der Waals surface area contributed by atoms with E-state index in [1.165, 1.54) is 16.0 Å². The van der Waals surface area contributed by atoms with E-state index >= 15 is 0 Å². The van der Waals surface area contributed by atoms with Gasteiger partial charge in [0.05, 0.1) is 6.04 Å². The standard InChI is InChI=1S/C14H17NS/c1-3-11-6-8-12(9-7-11)14(15-2)13-5-4-10-16-13/h4-10,14-15H,3H2,1-2H3. The van der Waals surface area contributed by atoms with Crippen molar-refractivity contribution in [3.8, 4) is 0 Å². The zero-order valence-electron chi connectivity index (χ0n) is 9.73. The normalized spacial score (nSPS) is 12.6. The first kappa shape index (κ1) is 11.4. The average molecular weight is 231 g/mol.